The molecule has 0 fully saturated rings. The zero-order valence-corrected chi connectivity index (χ0v) is 9.24. The maximum atomic E-state index is 10.5. The average molecular weight is 243 g/mol. The van der Waals surface area contributed by atoms with E-state index in [4.69, 9.17) is 21.4 Å². The molecule has 16 heavy (non-hydrogen) atoms. The summed E-state index contributed by atoms with van der Waals surface area (Å²) in [5.74, 6) is -0.320. The van der Waals surface area contributed by atoms with E-state index >= 15 is 0 Å². The van der Waals surface area contributed by atoms with Gasteiger partial charge in [-0.2, -0.15) is 0 Å². The summed E-state index contributed by atoms with van der Waals surface area (Å²) in [4.78, 5) is 20.7. The SMILES string of the molecule is O=Cc1ccc(OCCCC(=O)O)cc1Cl. The number of carboxylic acid groups (broad SMARTS) is 1. The number of hydrogen-bond acceptors (Lipinski definition) is 3. The Labute approximate surface area is 97.8 Å². The van der Waals surface area contributed by atoms with Gasteiger partial charge in [0.2, 0.25) is 0 Å². The van der Waals surface area contributed by atoms with Gasteiger partial charge in [-0.25, -0.2) is 0 Å². The number of hydrogen-bond donors (Lipinski definition) is 1. The summed E-state index contributed by atoms with van der Waals surface area (Å²) in [6.45, 7) is 0.309. The normalized spacial score (nSPS) is 9.81. The molecule has 1 aromatic rings. The van der Waals surface area contributed by atoms with Crippen LogP contribution >= 0.6 is 11.6 Å². The van der Waals surface area contributed by atoms with Crippen LogP contribution < -0.4 is 4.74 Å². The highest BCUT2D eigenvalue weighted by atomic mass is 35.5. The van der Waals surface area contributed by atoms with Gasteiger partial charge < -0.3 is 9.84 Å². The first-order valence-electron chi connectivity index (χ1n) is 4.73. The Bertz CT molecular complexity index is 390. The highest BCUT2D eigenvalue weighted by Gasteiger charge is 2.02. The minimum absolute atomic E-state index is 0.0696. The minimum atomic E-state index is -0.849. The van der Waals surface area contributed by atoms with Crippen molar-refractivity contribution in [3.8, 4) is 5.75 Å². The lowest BCUT2D eigenvalue weighted by atomic mass is 10.2. The van der Waals surface area contributed by atoms with E-state index in [1.54, 1.807) is 12.1 Å². The molecule has 0 aliphatic carbocycles. The van der Waals surface area contributed by atoms with Gasteiger partial charge in [0.15, 0.2) is 6.29 Å². The quantitative estimate of drug-likeness (QED) is 0.615. The molecule has 0 aliphatic rings. The standard InChI is InChI=1S/C11H11ClO4/c12-10-6-9(4-3-8(10)7-13)16-5-1-2-11(14)15/h3-4,6-7H,1-2,5H2,(H,14,15). The topological polar surface area (TPSA) is 63.6 Å². The molecule has 4 nitrogen and oxygen atoms in total. The third kappa shape index (κ3) is 3.90. The second kappa shape index (κ2) is 6.12. The van der Waals surface area contributed by atoms with Gasteiger partial charge in [0.1, 0.15) is 5.75 Å². The van der Waals surface area contributed by atoms with Crippen molar-refractivity contribution in [3.05, 3.63) is 28.8 Å². The number of carboxylic acids is 1. The Morgan fingerprint density at radius 2 is 2.25 bits per heavy atom. The molecular weight excluding hydrogens is 232 g/mol. The molecule has 86 valence electrons. The number of carbonyl (C=O) groups is 2. The highest BCUT2D eigenvalue weighted by molar-refractivity contribution is 6.33. The molecule has 1 N–H and O–H groups in total. The van der Waals surface area contributed by atoms with Crippen LogP contribution in [-0.4, -0.2) is 24.0 Å². The van der Waals surface area contributed by atoms with Gasteiger partial charge in [-0.1, -0.05) is 11.6 Å². The predicted molar refractivity (Wildman–Crippen MR) is 59.2 cm³/mol. The smallest absolute Gasteiger partial charge is 0.303 e. The van der Waals surface area contributed by atoms with Crippen LogP contribution in [0.4, 0.5) is 0 Å². The Kier molecular flexibility index (Phi) is 4.79. The van der Waals surface area contributed by atoms with E-state index in [9.17, 15) is 9.59 Å². The monoisotopic (exact) mass is 242 g/mol. The van der Waals surface area contributed by atoms with Gasteiger partial charge in [-0.3, -0.25) is 9.59 Å². The Morgan fingerprint density at radius 3 is 2.81 bits per heavy atom. The molecule has 1 rings (SSSR count). The highest BCUT2D eigenvalue weighted by Crippen LogP contribution is 2.21. The van der Waals surface area contributed by atoms with Crippen LogP contribution in [0.2, 0.25) is 5.02 Å². The first-order chi connectivity index (χ1) is 7.63. The lowest BCUT2D eigenvalue weighted by molar-refractivity contribution is -0.137. The van der Waals surface area contributed by atoms with Crippen LogP contribution in [0.15, 0.2) is 18.2 Å². The van der Waals surface area contributed by atoms with Crippen LogP contribution in [0.5, 0.6) is 5.75 Å². The predicted octanol–water partition coefficient (Wildman–Crippen LogP) is 2.40. The van der Waals surface area contributed by atoms with Crippen molar-refractivity contribution in [3.63, 3.8) is 0 Å². The molecule has 0 radical (unpaired) electrons. The molecule has 0 aliphatic heterocycles. The van der Waals surface area contributed by atoms with Crippen molar-refractivity contribution in [1.29, 1.82) is 0 Å². The number of ether oxygens (including phenoxy) is 1. The molecule has 1 aromatic carbocycles. The first kappa shape index (κ1) is 12.5. The number of halogens is 1. The Morgan fingerprint density at radius 1 is 1.50 bits per heavy atom. The number of rotatable bonds is 6. The second-order valence-corrected chi connectivity index (χ2v) is 3.55. The fourth-order valence-electron chi connectivity index (χ4n) is 1.11. The van der Waals surface area contributed by atoms with Gasteiger partial charge in [0.05, 0.1) is 11.6 Å². The average Bonchev–Trinajstić information content (AvgIpc) is 2.24. The molecule has 0 amide bonds. The van der Waals surface area contributed by atoms with Crippen molar-refractivity contribution in [2.24, 2.45) is 0 Å². The van der Waals surface area contributed by atoms with Crippen molar-refractivity contribution >= 4 is 23.9 Å². The van der Waals surface area contributed by atoms with Gasteiger partial charge in [0.25, 0.3) is 0 Å². The van der Waals surface area contributed by atoms with Gasteiger partial charge in [-0.15, -0.1) is 0 Å². The molecule has 0 heterocycles. The van der Waals surface area contributed by atoms with Crippen LogP contribution in [0.3, 0.4) is 0 Å². The minimum Gasteiger partial charge on any atom is -0.494 e. The van der Waals surface area contributed by atoms with Gasteiger partial charge >= 0.3 is 5.97 Å². The maximum absolute atomic E-state index is 10.5. The zero-order valence-electron chi connectivity index (χ0n) is 8.48. The lowest BCUT2D eigenvalue weighted by Crippen LogP contribution is -2.02. The summed E-state index contributed by atoms with van der Waals surface area (Å²) in [5, 5.41) is 8.73. The summed E-state index contributed by atoms with van der Waals surface area (Å²) in [7, 11) is 0. The van der Waals surface area contributed by atoms with E-state index in [0.717, 1.165) is 0 Å². The maximum Gasteiger partial charge on any atom is 0.303 e. The molecule has 0 spiro atoms. The molecule has 5 heteroatoms. The molecule has 0 bridgehead atoms. The van der Waals surface area contributed by atoms with E-state index in [-0.39, 0.29) is 6.42 Å². The van der Waals surface area contributed by atoms with Crippen LogP contribution in [0.1, 0.15) is 23.2 Å². The number of benzene rings is 1. The van der Waals surface area contributed by atoms with Crippen LogP contribution in [0, 0.1) is 0 Å². The van der Waals surface area contributed by atoms with Crippen molar-refractivity contribution in [1.82, 2.24) is 0 Å². The number of aldehydes is 1. The first-order valence-corrected chi connectivity index (χ1v) is 5.10. The number of aliphatic carboxylic acids is 1. The largest absolute Gasteiger partial charge is 0.494 e. The van der Waals surface area contributed by atoms with Crippen molar-refractivity contribution in [2.75, 3.05) is 6.61 Å². The van der Waals surface area contributed by atoms with E-state index in [1.165, 1.54) is 6.07 Å². The third-order valence-corrected chi connectivity index (χ3v) is 2.23. The fraction of sp³-hybridized carbons (Fsp3) is 0.273. The molecular formula is C11H11ClO4. The van der Waals surface area contributed by atoms with E-state index in [2.05, 4.69) is 0 Å². The van der Waals surface area contributed by atoms with E-state index in [0.29, 0.717) is 35.6 Å². The fourth-order valence-corrected chi connectivity index (χ4v) is 1.32. The van der Waals surface area contributed by atoms with E-state index < -0.39 is 5.97 Å². The van der Waals surface area contributed by atoms with E-state index in [1.807, 2.05) is 0 Å². The van der Waals surface area contributed by atoms with Gasteiger partial charge in [-0.05, 0) is 24.6 Å². The Balaban J connectivity index is 2.46. The summed E-state index contributed by atoms with van der Waals surface area (Å²) < 4.78 is 5.27. The Hall–Kier alpha value is -1.55. The molecule has 0 saturated carbocycles. The summed E-state index contributed by atoms with van der Waals surface area (Å²) in [6, 6.07) is 4.71. The third-order valence-electron chi connectivity index (χ3n) is 1.90. The molecule has 0 saturated heterocycles. The zero-order chi connectivity index (χ0) is 12.0. The summed E-state index contributed by atoms with van der Waals surface area (Å²) in [6.07, 6.45) is 1.17. The molecule has 0 aromatic heterocycles. The lowest BCUT2D eigenvalue weighted by Gasteiger charge is -2.06. The van der Waals surface area contributed by atoms with Gasteiger partial charge in [0, 0.05) is 12.0 Å². The molecule has 0 unspecified atom stereocenters. The summed E-state index contributed by atoms with van der Waals surface area (Å²) >= 11 is 5.79. The number of carbonyl (C=O) groups excluding carboxylic acids is 1. The van der Waals surface area contributed by atoms with Crippen molar-refractivity contribution in [2.45, 2.75) is 12.8 Å². The second-order valence-electron chi connectivity index (χ2n) is 3.15. The van der Waals surface area contributed by atoms with Crippen LogP contribution in [-0.2, 0) is 4.79 Å². The summed E-state index contributed by atoms with van der Waals surface area (Å²) in [5.41, 5.74) is 0.402. The van der Waals surface area contributed by atoms with Crippen molar-refractivity contribution < 1.29 is 19.4 Å². The van der Waals surface area contributed by atoms with Crippen LogP contribution in [0.25, 0.3) is 0 Å². The molecule has 0 atom stereocenters.